The minimum Gasteiger partial charge on any atom is -0.253 e. The van der Waals surface area contributed by atoms with E-state index < -0.39 is 0 Å². The second kappa shape index (κ2) is 2.14. The predicted octanol–water partition coefficient (Wildman–Crippen LogP) is 1.84. The number of rotatable bonds is 0. The molecule has 8 heavy (non-hydrogen) atoms. The molecular weight excluding hydrogens is 122 g/mol. The van der Waals surface area contributed by atoms with Gasteiger partial charge in [0.05, 0.1) is 11.2 Å². The van der Waals surface area contributed by atoms with Crippen LogP contribution in [0.15, 0.2) is 12.3 Å². The Kier molecular flexibility index (Phi) is 1.49. The van der Waals surface area contributed by atoms with Crippen LogP contribution in [0.3, 0.4) is 0 Å². The van der Waals surface area contributed by atoms with Crippen LogP contribution in [0.4, 0.5) is 0 Å². The van der Waals surface area contributed by atoms with E-state index in [1.165, 1.54) is 0 Å². The van der Waals surface area contributed by atoms with Crippen molar-refractivity contribution in [1.29, 1.82) is 0 Å². The Morgan fingerprint density at radius 1 is 1.75 bits per heavy atom. The zero-order valence-corrected chi connectivity index (χ0v) is 5.24. The number of halogens is 1. The van der Waals surface area contributed by atoms with Gasteiger partial charge in [-0.2, -0.15) is 0 Å². The van der Waals surface area contributed by atoms with E-state index in [0.717, 1.165) is 5.56 Å². The van der Waals surface area contributed by atoms with E-state index >= 15 is 0 Å². The lowest BCUT2D eigenvalue weighted by molar-refractivity contribution is 1.25. The third-order valence-electron chi connectivity index (χ3n) is 0.783. The van der Waals surface area contributed by atoms with Crippen molar-refractivity contribution in [2.45, 2.75) is 6.92 Å². The average Bonchev–Trinajstić information content (AvgIpc) is 1.64. The summed E-state index contributed by atoms with van der Waals surface area (Å²) >= 11 is 5.56. The molecule has 1 rings (SSSR count). The lowest BCUT2D eigenvalue weighted by Gasteiger charge is -1.86. The van der Waals surface area contributed by atoms with Crippen LogP contribution in [-0.2, 0) is 0 Å². The van der Waals surface area contributed by atoms with Crippen molar-refractivity contribution in [2.75, 3.05) is 0 Å². The van der Waals surface area contributed by atoms with Crippen LogP contribution in [0.25, 0.3) is 0 Å². The monoisotopic (exact) mass is 126 g/mol. The Hall–Kier alpha value is -0.560. The summed E-state index contributed by atoms with van der Waals surface area (Å²) in [6.07, 6.45) is 4.30. The molecule has 1 radical (unpaired) electrons. The number of nitrogens with zero attached hydrogens (tertiary/aromatic N) is 1. The summed E-state index contributed by atoms with van der Waals surface area (Å²) in [5.74, 6) is 0. The maximum atomic E-state index is 5.56. The molecule has 1 heterocycles. The Bertz CT molecular complexity index is 168. The van der Waals surface area contributed by atoms with E-state index in [2.05, 4.69) is 11.2 Å². The summed E-state index contributed by atoms with van der Waals surface area (Å²) in [7, 11) is 0. The number of aromatic nitrogens is 1. The molecule has 0 aliphatic carbocycles. The minimum absolute atomic E-state index is 0.668. The molecule has 0 N–H and O–H groups in total. The zero-order chi connectivity index (χ0) is 5.98. The second-order valence-electron chi connectivity index (χ2n) is 1.58. The van der Waals surface area contributed by atoms with Crippen molar-refractivity contribution in [3.8, 4) is 0 Å². The van der Waals surface area contributed by atoms with Crippen LogP contribution in [-0.4, -0.2) is 4.98 Å². The molecule has 0 bridgehead atoms. The molecule has 0 atom stereocenters. The van der Waals surface area contributed by atoms with Crippen LogP contribution in [0.5, 0.6) is 0 Å². The molecule has 0 aromatic carbocycles. The van der Waals surface area contributed by atoms with Crippen molar-refractivity contribution in [1.82, 2.24) is 4.98 Å². The Morgan fingerprint density at radius 3 is 2.88 bits per heavy atom. The maximum absolute atomic E-state index is 5.56. The third kappa shape index (κ3) is 1.20. The quantitative estimate of drug-likeness (QED) is 0.517. The number of aryl methyl sites for hydroxylation is 1. The van der Waals surface area contributed by atoms with Gasteiger partial charge < -0.3 is 0 Å². The smallest absolute Gasteiger partial charge is 0.0919 e. The van der Waals surface area contributed by atoms with Gasteiger partial charge in [0.25, 0.3) is 0 Å². The van der Waals surface area contributed by atoms with Gasteiger partial charge >= 0.3 is 0 Å². The van der Waals surface area contributed by atoms with Gasteiger partial charge in [0.15, 0.2) is 0 Å². The summed E-state index contributed by atoms with van der Waals surface area (Å²) in [4.78, 5) is 3.73. The molecule has 41 valence electrons. The van der Waals surface area contributed by atoms with Gasteiger partial charge in [-0.25, -0.2) is 0 Å². The molecule has 1 aromatic heterocycles. The molecule has 1 nitrogen and oxygen atoms in total. The predicted molar refractivity (Wildman–Crippen MR) is 32.8 cm³/mol. The molecule has 1 aromatic rings. The van der Waals surface area contributed by atoms with Crippen molar-refractivity contribution < 1.29 is 0 Å². The average molecular weight is 127 g/mol. The van der Waals surface area contributed by atoms with Crippen molar-refractivity contribution in [3.05, 3.63) is 29.0 Å². The fraction of sp³-hybridized carbons (Fsp3) is 0.167. The van der Waals surface area contributed by atoms with Crippen molar-refractivity contribution in [2.24, 2.45) is 0 Å². The van der Waals surface area contributed by atoms with Gasteiger partial charge in [-0.05, 0) is 18.6 Å². The maximum Gasteiger partial charge on any atom is 0.0919 e. The van der Waals surface area contributed by atoms with Crippen LogP contribution in [0.1, 0.15) is 5.56 Å². The van der Waals surface area contributed by atoms with Gasteiger partial charge in [0.1, 0.15) is 0 Å². The molecule has 0 unspecified atom stereocenters. The highest BCUT2D eigenvalue weighted by Crippen LogP contribution is 2.05. The molecule has 0 saturated carbocycles. The largest absolute Gasteiger partial charge is 0.253 e. The Morgan fingerprint density at radius 2 is 2.50 bits per heavy atom. The summed E-state index contributed by atoms with van der Waals surface area (Å²) in [5.41, 5.74) is 0.970. The first kappa shape index (κ1) is 5.57. The molecule has 0 spiro atoms. The van der Waals surface area contributed by atoms with Crippen LogP contribution < -0.4 is 0 Å². The highest BCUT2D eigenvalue weighted by molar-refractivity contribution is 6.30. The summed E-state index contributed by atoms with van der Waals surface area (Å²) in [5, 5.41) is 0.668. The van der Waals surface area contributed by atoms with Crippen molar-refractivity contribution in [3.63, 3.8) is 0 Å². The highest BCUT2D eigenvalue weighted by atomic mass is 35.5. The Balaban J connectivity index is 3.08. The highest BCUT2D eigenvalue weighted by Gasteiger charge is 1.85. The van der Waals surface area contributed by atoms with E-state index in [1.807, 2.05) is 13.0 Å². The van der Waals surface area contributed by atoms with E-state index in [-0.39, 0.29) is 0 Å². The normalized spacial score (nSPS) is 9.25. The molecule has 0 fully saturated rings. The van der Waals surface area contributed by atoms with Crippen LogP contribution >= 0.6 is 11.6 Å². The molecule has 2 heteroatoms. The van der Waals surface area contributed by atoms with Gasteiger partial charge in [-0.1, -0.05) is 11.6 Å². The lowest BCUT2D eigenvalue weighted by atomic mass is 10.3. The topological polar surface area (TPSA) is 12.9 Å². The summed E-state index contributed by atoms with van der Waals surface area (Å²) < 4.78 is 0. The van der Waals surface area contributed by atoms with E-state index in [4.69, 9.17) is 11.6 Å². The molecule has 0 saturated heterocycles. The fourth-order valence-electron chi connectivity index (χ4n) is 0.472. The number of hydrogen-bond acceptors (Lipinski definition) is 1. The SMILES string of the molecule is Cc1[c]ncc(Cl)c1. The van der Waals surface area contributed by atoms with E-state index in [1.54, 1.807) is 6.20 Å². The number of pyridine rings is 1. The first-order valence-electron chi connectivity index (χ1n) is 2.29. The van der Waals surface area contributed by atoms with Gasteiger partial charge in [0.2, 0.25) is 0 Å². The van der Waals surface area contributed by atoms with E-state index in [0.29, 0.717) is 5.02 Å². The Labute approximate surface area is 53.3 Å². The zero-order valence-electron chi connectivity index (χ0n) is 4.48. The summed E-state index contributed by atoms with van der Waals surface area (Å²) in [6.45, 7) is 1.90. The summed E-state index contributed by atoms with van der Waals surface area (Å²) in [6, 6.07) is 1.81. The second-order valence-corrected chi connectivity index (χ2v) is 2.02. The van der Waals surface area contributed by atoms with Gasteiger partial charge in [0, 0.05) is 6.20 Å². The molecular formula is C6H5ClN. The van der Waals surface area contributed by atoms with E-state index in [9.17, 15) is 0 Å². The van der Waals surface area contributed by atoms with Crippen LogP contribution in [0, 0.1) is 13.1 Å². The van der Waals surface area contributed by atoms with Gasteiger partial charge in [-0.3, -0.25) is 4.98 Å². The minimum atomic E-state index is 0.668. The molecule has 0 aliphatic heterocycles. The van der Waals surface area contributed by atoms with Crippen molar-refractivity contribution >= 4 is 11.6 Å². The lowest BCUT2D eigenvalue weighted by Crippen LogP contribution is -1.74. The number of hydrogen-bond donors (Lipinski definition) is 0. The first-order chi connectivity index (χ1) is 3.79. The standard InChI is InChI=1S/C6H5ClN/c1-5-2-6(7)4-8-3-5/h2,4H,1H3. The van der Waals surface area contributed by atoms with Crippen LogP contribution in [0.2, 0.25) is 5.02 Å². The van der Waals surface area contributed by atoms with Gasteiger partial charge in [-0.15, -0.1) is 0 Å². The first-order valence-corrected chi connectivity index (χ1v) is 2.66. The molecule has 0 amide bonds. The molecule has 0 aliphatic rings. The fourth-order valence-corrected chi connectivity index (χ4v) is 0.685. The third-order valence-corrected chi connectivity index (χ3v) is 0.990.